The monoisotopic (exact) mass is 358 g/mol. The molecule has 2 heterocycles. The van der Waals surface area contributed by atoms with Gasteiger partial charge in [0.15, 0.2) is 0 Å². The number of benzene rings is 2. The number of anilines is 3. The first-order valence-electron chi connectivity index (χ1n) is 8.28. The van der Waals surface area contributed by atoms with Crippen molar-refractivity contribution in [3.8, 4) is 0 Å². The zero-order valence-electron chi connectivity index (χ0n) is 13.9. The van der Waals surface area contributed by atoms with Crippen molar-refractivity contribution in [3.05, 3.63) is 72.3 Å². The summed E-state index contributed by atoms with van der Waals surface area (Å²) in [6, 6.07) is 13.3. The summed E-state index contributed by atoms with van der Waals surface area (Å²) in [6.45, 7) is 2.16. The summed E-state index contributed by atoms with van der Waals surface area (Å²) in [6.07, 6.45) is -0.871. The molecule has 0 bridgehead atoms. The highest BCUT2D eigenvalue weighted by molar-refractivity contribution is 5.79. The lowest BCUT2D eigenvalue weighted by molar-refractivity contribution is -0.137. The van der Waals surface area contributed by atoms with E-state index in [1.165, 1.54) is 12.1 Å². The first kappa shape index (κ1) is 16.5. The van der Waals surface area contributed by atoms with Gasteiger partial charge in [0.1, 0.15) is 0 Å². The van der Waals surface area contributed by atoms with Gasteiger partial charge in [0.05, 0.1) is 35.5 Å². The molecule has 134 valence electrons. The van der Waals surface area contributed by atoms with Crippen LogP contribution in [0.5, 0.6) is 0 Å². The van der Waals surface area contributed by atoms with E-state index in [-0.39, 0.29) is 0 Å². The second-order valence-corrected chi connectivity index (χ2v) is 6.18. The molecule has 0 amide bonds. The highest BCUT2D eigenvalue weighted by Crippen LogP contribution is 2.39. The molecule has 4 rings (SSSR count). The highest BCUT2D eigenvalue weighted by Gasteiger charge is 2.30. The first-order valence-corrected chi connectivity index (χ1v) is 8.28. The molecule has 26 heavy (non-hydrogen) atoms. The number of aromatic amines is 1. The molecule has 0 saturated carbocycles. The van der Waals surface area contributed by atoms with Crippen LogP contribution < -0.4 is 9.80 Å². The fourth-order valence-electron chi connectivity index (χ4n) is 3.26. The smallest absolute Gasteiger partial charge is 0.362 e. The Morgan fingerprint density at radius 1 is 0.962 bits per heavy atom. The van der Waals surface area contributed by atoms with Crippen molar-refractivity contribution in [1.82, 2.24) is 9.97 Å². The van der Waals surface area contributed by atoms with Gasteiger partial charge in [-0.3, -0.25) is 0 Å². The predicted molar refractivity (Wildman–Crippen MR) is 94.5 cm³/mol. The van der Waals surface area contributed by atoms with E-state index in [0.29, 0.717) is 13.1 Å². The van der Waals surface area contributed by atoms with Gasteiger partial charge in [0.2, 0.25) is 0 Å². The van der Waals surface area contributed by atoms with E-state index in [0.717, 1.165) is 41.4 Å². The number of nitrogens with zero attached hydrogens (tertiary/aromatic N) is 3. The van der Waals surface area contributed by atoms with Gasteiger partial charge in [-0.25, -0.2) is 4.98 Å². The van der Waals surface area contributed by atoms with Gasteiger partial charge in [-0.05, 0) is 36.4 Å². The van der Waals surface area contributed by atoms with E-state index in [1.54, 1.807) is 12.5 Å². The van der Waals surface area contributed by atoms with E-state index < -0.39 is 11.7 Å². The van der Waals surface area contributed by atoms with Gasteiger partial charge in [-0.2, -0.15) is 13.2 Å². The van der Waals surface area contributed by atoms with Crippen LogP contribution in [0.2, 0.25) is 0 Å². The Kier molecular flexibility index (Phi) is 4.06. The zero-order valence-corrected chi connectivity index (χ0v) is 13.9. The van der Waals surface area contributed by atoms with Crippen molar-refractivity contribution in [2.75, 3.05) is 22.9 Å². The molecule has 1 aliphatic heterocycles. The number of hydrogen-bond donors (Lipinski definition) is 1. The third-order valence-electron chi connectivity index (χ3n) is 4.53. The molecule has 0 saturated heterocycles. The summed E-state index contributed by atoms with van der Waals surface area (Å²) >= 11 is 0. The van der Waals surface area contributed by atoms with Crippen molar-refractivity contribution in [2.45, 2.75) is 12.7 Å². The molecular weight excluding hydrogens is 341 g/mol. The third kappa shape index (κ3) is 3.12. The van der Waals surface area contributed by atoms with Gasteiger partial charge in [0, 0.05) is 25.0 Å². The van der Waals surface area contributed by atoms with Crippen LogP contribution in [0.1, 0.15) is 11.3 Å². The Balaban J connectivity index is 1.64. The molecule has 1 aromatic heterocycles. The molecule has 1 N–H and O–H groups in total. The number of H-pyrrole nitrogens is 1. The number of rotatable bonds is 3. The minimum absolute atomic E-state index is 0.632. The summed E-state index contributed by atoms with van der Waals surface area (Å²) < 4.78 is 38.4. The van der Waals surface area contributed by atoms with Crippen LogP contribution in [0.15, 0.2) is 61.1 Å². The lowest BCUT2D eigenvalue weighted by atomic mass is 10.1. The Hall–Kier alpha value is -2.96. The van der Waals surface area contributed by atoms with Crippen LogP contribution in [-0.4, -0.2) is 23.1 Å². The summed E-state index contributed by atoms with van der Waals surface area (Å²) in [7, 11) is 0. The molecule has 0 atom stereocenters. The second-order valence-electron chi connectivity index (χ2n) is 6.18. The standard InChI is InChI=1S/C19H17F3N4/c20-19(21,22)14-5-7-16(8-6-14)26-10-9-25(12-15-11-23-13-24-15)17-3-1-2-4-18(17)26/h1-8,11,13H,9-10,12H2,(H,23,24). The largest absolute Gasteiger partial charge is 0.416 e. The molecule has 0 fully saturated rings. The molecule has 0 spiro atoms. The summed E-state index contributed by atoms with van der Waals surface area (Å²) in [5.41, 5.74) is 3.17. The molecular formula is C19H17F3N4. The number of nitrogens with one attached hydrogen (secondary N) is 1. The van der Waals surface area contributed by atoms with E-state index in [1.807, 2.05) is 24.3 Å². The summed E-state index contributed by atoms with van der Waals surface area (Å²) in [4.78, 5) is 11.4. The predicted octanol–water partition coefficient (Wildman–Crippen LogP) is 4.59. The molecule has 0 radical (unpaired) electrons. The van der Waals surface area contributed by atoms with Crippen LogP contribution in [-0.2, 0) is 12.7 Å². The van der Waals surface area contributed by atoms with Crippen LogP contribution >= 0.6 is 0 Å². The van der Waals surface area contributed by atoms with Crippen molar-refractivity contribution in [2.24, 2.45) is 0 Å². The molecule has 7 heteroatoms. The molecule has 0 aliphatic carbocycles. The summed E-state index contributed by atoms with van der Waals surface area (Å²) in [5, 5.41) is 0. The lowest BCUT2D eigenvalue weighted by Crippen LogP contribution is -2.38. The van der Waals surface area contributed by atoms with Crippen LogP contribution in [0.3, 0.4) is 0 Å². The minimum atomic E-state index is -4.32. The average Bonchev–Trinajstić information content (AvgIpc) is 3.15. The van der Waals surface area contributed by atoms with Crippen molar-refractivity contribution < 1.29 is 13.2 Å². The van der Waals surface area contributed by atoms with Gasteiger partial charge in [-0.1, -0.05) is 12.1 Å². The number of aromatic nitrogens is 2. The summed E-state index contributed by atoms with van der Waals surface area (Å²) in [5.74, 6) is 0. The molecule has 0 unspecified atom stereocenters. The Bertz CT molecular complexity index is 873. The maximum atomic E-state index is 12.8. The quantitative estimate of drug-likeness (QED) is 0.744. The molecule has 4 nitrogen and oxygen atoms in total. The van der Waals surface area contributed by atoms with E-state index in [9.17, 15) is 13.2 Å². The second kappa shape index (κ2) is 6.40. The van der Waals surface area contributed by atoms with Gasteiger partial charge in [0.25, 0.3) is 0 Å². The molecule has 2 aromatic carbocycles. The number of fused-ring (bicyclic) bond motifs is 1. The number of hydrogen-bond acceptors (Lipinski definition) is 3. The maximum Gasteiger partial charge on any atom is 0.416 e. The number of imidazole rings is 1. The van der Waals surface area contributed by atoms with Crippen molar-refractivity contribution >= 4 is 17.1 Å². The van der Waals surface area contributed by atoms with E-state index in [4.69, 9.17) is 0 Å². The lowest BCUT2D eigenvalue weighted by Gasteiger charge is -2.38. The number of alkyl halides is 3. The Morgan fingerprint density at radius 3 is 2.35 bits per heavy atom. The number of halogens is 3. The van der Waals surface area contributed by atoms with Crippen LogP contribution in [0, 0.1) is 0 Å². The maximum absolute atomic E-state index is 12.8. The molecule has 3 aromatic rings. The normalized spacial score (nSPS) is 14.4. The Labute approximate surface area is 148 Å². The van der Waals surface area contributed by atoms with E-state index in [2.05, 4.69) is 19.8 Å². The van der Waals surface area contributed by atoms with E-state index >= 15 is 0 Å². The fraction of sp³-hybridized carbons (Fsp3) is 0.211. The average molecular weight is 358 g/mol. The highest BCUT2D eigenvalue weighted by atomic mass is 19.4. The molecule has 1 aliphatic rings. The Morgan fingerprint density at radius 2 is 1.69 bits per heavy atom. The van der Waals surface area contributed by atoms with Gasteiger partial charge in [-0.15, -0.1) is 0 Å². The minimum Gasteiger partial charge on any atom is -0.362 e. The van der Waals surface area contributed by atoms with Gasteiger partial charge < -0.3 is 14.8 Å². The topological polar surface area (TPSA) is 35.2 Å². The van der Waals surface area contributed by atoms with Crippen LogP contribution in [0.25, 0.3) is 0 Å². The van der Waals surface area contributed by atoms with Crippen molar-refractivity contribution in [1.29, 1.82) is 0 Å². The SMILES string of the molecule is FC(F)(F)c1ccc(N2CCN(Cc3cnc[nH]3)c3ccccc32)cc1. The van der Waals surface area contributed by atoms with Crippen LogP contribution in [0.4, 0.5) is 30.2 Å². The first-order chi connectivity index (χ1) is 12.5. The van der Waals surface area contributed by atoms with Crippen molar-refractivity contribution in [3.63, 3.8) is 0 Å². The third-order valence-corrected chi connectivity index (χ3v) is 4.53. The zero-order chi connectivity index (χ0) is 18.1. The van der Waals surface area contributed by atoms with Gasteiger partial charge >= 0.3 is 6.18 Å². The number of para-hydroxylation sites is 2. The fourth-order valence-corrected chi connectivity index (χ4v) is 3.26.